The minimum Gasteiger partial charge on any atom is -0.458 e. The predicted molar refractivity (Wildman–Crippen MR) is 174 cm³/mol. The van der Waals surface area contributed by atoms with Gasteiger partial charge < -0.3 is 44.0 Å². The average Bonchev–Trinajstić information content (AvgIpc) is 3.70. The molecule has 4 rings (SSSR count). The highest BCUT2D eigenvalue weighted by molar-refractivity contribution is 6.22. The lowest BCUT2D eigenvalue weighted by molar-refractivity contribution is -0.352. The van der Waals surface area contributed by atoms with Crippen molar-refractivity contribution in [1.29, 1.82) is 0 Å². The van der Waals surface area contributed by atoms with E-state index >= 15 is 0 Å². The molecule has 0 spiro atoms. The number of esters is 1. The summed E-state index contributed by atoms with van der Waals surface area (Å²) in [7, 11) is 3.04. The molecular formula is C35H50ClNO10. The summed E-state index contributed by atoms with van der Waals surface area (Å²) >= 11 is 6.00. The van der Waals surface area contributed by atoms with Gasteiger partial charge in [-0.15, -0.1) is 11.6 Å². The quantitative estimate of drug-likeness (QED) is 0.0875. The van der Waals surface area contributed by atoms with Crippen molar-refractivity contribution in [3.05, 3.63) is 36.0 Å². The first-order valence-electron chi connectivity index (χ1n) is 16.3. The van der Waals surface area contributed by atoms with Crippen molar-refractivity contribution in [3.8, 4) is 11.8 Å². The Morgan fingerprint density at radius 1 is 1.15 bits per heavy atom. The molecule has 3 fully saturated rings. The third-order valence-corrected chi connectivity index (χ3v) is 10.1. The Labute approximate surface area is 283 Å². The van der Waals surface area contributed by atoms with Crippen LogP contribution < -0.4 is 5.32 Å². The molecule has 47 heavy (non-hydrogen) atoms. The van der Waals surface area contributed by atoms with Gasteiger partial charge in [-0.2, -0.15) is 0 Å². The predicted octanol–water partition coefficient (Wildman–Crippen LogP) is 3.16. The van der Waals surface area contributed by atoms with Crippen LogP contribution in [0.5, 0.6) is 0 Å². The van der Waals surface area contributed by atoms with Crippen molar-refractivity contribution < 1.29 is 48.2 Å². The van der Waals surface area contributed by atoms with Gasteiger partial charge in [-0.05, 0) is 39.3 Å². The summed E-state index contributed by atoms with van der Waals surface area (Å²) in [4.78, 5) is 24.6. The molecule has 4 aliphatic rings. The number of nitrogens with one attached hydrogen (secondary N) is 1. The molecule has 3 heterocycles. The van der Waals surface area contributed by atoms with Gasteiger partial charge in [0.15, 0.2) is 12.1 Å². The van der Waals surface area contributed by atoms with E-state index in [1.807, 2.05) is 26.8 Å². The number of fused-ring (bicyclic) bond motifs is 2. The molecule has 0 aromatic heterocycles. The van der Waals surface area contributed by atoms with E-state index in [-0.39, 0.29) is 35.7 Å². The van der Waals surface area contributed by atoms with Crippen molar-refractivity contribution in [3.63, 3.8) is 0 Å². The number of cyclic esters (lactones) is 1. The smallest absolute Gasteiger partial charge is 0.311 e. The summed E-state index contributed by atoms with van der Waals surface area (Å²) in [5, 5.41) is 26.0. The van der Waals surface area contributed by atoms with Crippen LogP contribution in [0, 0.1) is 29.6 Å². The lowest BCUT2D eigenvalue weighted by Crippen LogP contribution is -2.70. The molecule has 12 heteroatoms. The second-order valence-corrected chi connectivity index (χ2v) is 14.1. The Kier molecular flexibility index (Phi) is 12.8. The second kappa shape index (κ2) is 16.0. The molecular weight excluding hydrogens is 630 g/mol. The Morgan fingerprint density at radius 2 is 1.87 bits per heavy atom. The maximum atomic E-state index is 13.3. The maximum absolute atomic E-state index is 13.3. The molecule has 0 aromatic carbocycles. The van der Waals surface area contributed by atoms with Crippen LogP contribution in [0.15, 0.2) is 36.0 Å². The van der Waals surface area contributed by atoms with Crippen LogP contribution in [0.1, 0.15) is 60.3 Å². The number of aliphatic hydroxyl groups is 2. The molecule has 3 aliphatic heterocycles. The highest BCUT2D eigenvalue weighted by Gasteiger charge is 2.56. The van der Waals surface area contributed by atoms with Gasteiger partial charge in [-0.25, -0.2) is 0 Å². The number of carbonyl (C=O) groups is 2. The first-order chi connectivity index (χ1) is 22.2. The molecule has 0 radical (unpaired) electrons. The summed E-state index contributed by atoms with van der Waals surface area (Å²) in [6.07, 6.45) is 5.45. The van der Waals surface area contributed by atoms with E-state index in [0.717, 1.165) is 12.0 Å². The highest BCUT2D eigenvalue weighted by atomic mass is 35.5. The molecule has 0 aromatic rings. The number of amides is 1. The molecule has 3 N–H and O–H groups in total. The van der Waals surface area contributed by atoms with Crippen LogP contribution in [0.4, 0.5) is 0 Å². The number of methoxy groups -OCH3 is 2. The van der Waals surface area contributed by atoms with E-state index in [2.05, 4.69) is 17.2 Å². The SMILES string of the molecule is COC1C=C(C)CC(C=CC=CC#CC2CC2Cl)OC(=O)CC2(O)CC(OC3OC(C)C(NC=O)C(C)(O)C3OC)C(C)C(O2)C1C. The number of allylic oxidation sites excluding steroid dienone is 3. The normalized spacial score (nSPS) is 44.4. The van der Waals surface area contributed by atoms with Crippen molar-refractivity contribution in [1.82, 2.24) is 5.32 Å². The van der Waals surface area contributed by atoms with Gasteiger partial charge >= 0.3 is 5.97 Å². The first-order valence-corrected chi connectivity index (χ1v) is 16.7. The van der Waals surface area contributed by atoms with E-state index in [1.165, 1.54) is 7.11 Å². The van der Waals surface area contributed by atoms with Crippen LogP contribution in [-0.2, 0) is 38.0 Å². The summed E-state index contributed by atoms with van der Waals surface area (Å²) in [6, 6.07) is -0.758. The standard InChI is InChI=1S/C35H50ClNO10/c1-20-14-25(13-11-9-8-10-12-24-16-26(24)36)45-29(39)18-35(41)17-28(22(3)30(47-35)21(2)27(15-20)42-6)46-33-32(43-7)34(5,40)31(37-19-38)23(4)44-33/h8-9,11,13,15,19,21-28,30-33,40-41H,14,16-18H2,1-7H3,(H,37,38). The maximum Gasteiger partial charge on any atom is 0.311 e. The number of carbonyl (C=O) groups excluding carboxylic acids is 2. The van der Waals surface area contributed by atoms with Gasteiger partial charge in [0.05, 0.1) is 36.9 Å². The third kappa shape index (κ3) is 9.25. The topological polar surface area (TPSA) is 142 Å². The van der Waals surface area contributed by atoms with Crippen molar-refractivity contribution in [2.45, 2.75) is 126 Å². The number of hydrogen-bond donors (Lipinski definition) is 3. The van der Waals surface area contributed by atoms with Crippen molar-refractivity contribution >= 4 is 24.0 Å². The molecule has 262 valence electrons. The van der Waals surface area contributed by atoms with E-state index in [1.54, 1.807) is 45.3 Å². The molecule has 2 bridgehead atoms. The summed E-state index contributed by atoms with van der Waals surface area (Å²) in [5.74, 6) is 3.19. The van der Waals surface area contributed by atoms with Gasteiger partial charge in [-0.1, -0.05) is 49.5 Å². The third-order valence-electron chi connectivity index (χ3n) is 9.64. The summed E-state index contributed by atoms with van der Waals surface area (Å²) in [5.41, 5.74) is -0.591. The number of alkyl halides is 1. The van der Waals surface area contributed by atoms with Gasteiger partial charge in [-0.3, -0.25) is 9.59 Å². The van der Waals surface area contributed by atoms with Crippen LogP contribution >= 0.6 is 11.6 Å². The zero-order chi connectivity index (χ0) is 34.5. The Hall–Kier alpha value is -2.27. The molecule has 11 nitrogen and oxygen atoms in total. The van der Waals surface area contributed by atoms with Crippen molar-refractivity contribution in [2.24, 2.45) is 17.8 Å². The van der Waals surface area contributed by atoms with Gasteiger partial charge in [0, 0.05) is 50.2 Å². The van der Waals surface area contributed by atoms with Crippen molar-refractivity contribution in [2.75, 3.05) is 14.2 Å². The number of ether oxygens (including phenoxy) is 6. The lowest BCUT2D eigenvalue weighted by Gasteiger charge is -2.52. The molecule has 2 saturated heterocycles. The zero-order valence-corrected chi connectivity index (χ0v) is 29.0. The van der Waals surface area contributed by atoms with Crippen LogP contribution in [0.2, 0.25) is 0 Å². The number of hydrogen-bond acceptors (Lipinski definition) is 10. The summed E-state index contributed by atoms with van der Waals surface area (Å²) in [6.45, 7) is 9.14. The second-order valence-electron chi connectivity index (χ2n) is 13.5. The number of rotatable bonds is 8. The molecule has 1 aliphatic carbocycles. The van der Waals surface area contributed by atoms with Gasteiger partial charge in [0.25, 0.3) is 0 Å². The fraction of sp³-hybridized carbons (Fsp3) is 0.714. The van der Waals surface area contributed by atoms with E-state index < -0.39 is 66.6 Å². The van der Waals surface area contributed by atoms with Gasteiger partial charge in [0.2, 0.25) is 6.41 Å². The Bertz CT molecular complexity index is 1260. The Morgan fingerprint density at radius 3 is 2.51 bits per heavy atom. The first kappa shape index (κ1) is 37.5. The van der Waals surface area contributed by atoms with Gasteiger partial charge in [0.1, 0.15) is 17.8 Å². The minimum atomic E-state index is -1.93. The largest absolute Gasteiger partial charge is 0.458 e. The number of halogens is 1. The zero-order valence-electron chi connectivity index (χ0n) is 28.3. The van der Waals surface area contributed by atoms with Crippen LogP contribution in [-0.4, -0.2) is 103 Å². The van der Waals surface area contributed by atoms with Crippen LogP contribution in [0.25, 0.3) is 0 Å². The molecule has 1 saturated carbocycles. The Balaban J connectivity index is 1.58. The molecule has 14 atom stereocenters. The lowest BCUT2D eigenvalue weighted by atomic mass is 9.79. The van der Waals surface area contributed by atoms with Crippen LogP contribution in [0.3, 0.4) is 0 Å². The average molecular weight is 680 g/mol. The highest BCUT2D eigenvalue weighted by Crippen LogP contribution is 2.42. The van der Waals surface area contributed by atoms with E-state index in [9.17, 15) is 19.8 Å². The van der Waals surface area contributed by atoms with E-state index in [4.69, 9.17) is 40.0 Å². The fourth-order valence-corrected chi connectivity index (χ4v) is 7.17. The fourth-order valence-electron chi connectivity index (χ4n) is 6.92. The molecule has 1 amide bonds. The monoisotopic (exact) mass is 679 g/mol. The summed E-state index contributed by atoms with van der Waals surface area (Å²) < 4.78 is 36.4. The molecule has 14 unspecified atom stereocenters. The van der Waals surface area contributed by atoms with E-state index in [0.29, 0.717) is 12.8 Å². The minimum absolute atomic E-state index is 0.0755.